The highest BCUT2D eigenvalue weighted by atomic mass is 16.5. The lowest BCUT2D eigenvalue weighted by molar-refractivity contribution is 0.0591. The van der Waals surface area contributed by atoms with E-state index in [0.29, 0.717) is 17.1 Å². The highest BCUT2D eigenvalue weighted by molar-refractivity contribution is 5.90. The third-order valence-electron chi connectivity index (χ3n) is 2.77. The van der Waals surface area contributed by atoms with Crippen LogP contribution in [0.25, 0.3) is 0 Å². The average Bonchev–Trinajstić information content (AvgIpc) is 2.34. The molecule has 0 amide bonds. The minimum Gasteiger partial charge on any atom is -0.464 e. The van der Waals surface area contributed by atoms with E-state index in [1.54, 1.807) is 4.90 Å². The molecule has 0 bridgehead atoms. The molecule has 4 nitrogen and oxygen atoms in total. The van der Waals surface area contributed by atoms with E-state index in [0.717, 1.165) is 5.56 Å². The molecule has 1 heterocycles. The topological polar surface area (TPSA) is 42.4 Å². The van der Waals surface area contributed by atoms with Crippen LogP contribution in [0.2, 0.25) is 0 Å². The Labute approximate surface area is 114 Å². The number of esters is 1. The van der Waals surface area contributed by atoms with Crippen LogP contribution in [0, 0.1) is 12.3 Å². The predicted octanol–water partition coefficient (Wildman–Crippen LogP) is 2.21. The van der Waals surface area contributed by atoms with E-state index in [1.165, 1.54) is 7.11 Å². The Morgan fingerprint density at radius 2 is 2.00 bits per heavy atom. The number of anilines is 1. The summed E-state index contributed by atoms with van der Waals surface area (Å²) in [5.74, 6) is 2.76. The molecule has 102 valence electrons. The number of rotatable bonds is 2. The molecule has 0 unspecified atom stereocenters. The van der Waals surface area contributed by atoms with Gasteiger partial charge in [-0.2, -0.15) is 0 Å². The van der Waals surface area contributed by atoms with Gasteiger partial charge in [-0.15, -0.1) is 6.42 Å². The molecule has 0 fully saturated rings. The summed E-state index contributed by atoms with van der Waals surface area (Å²) in [7, 11) is 5.02. The van der Waals surface area contributed by atoms with Crippen LogP contribution < -0.4 is 4.90 Å². The van der Waals surface area contributed by atoms with E-state index >= 15 is 0 Å². The maximum absolute atomic E-state index is 11.9. The lowest BCUT2D eigenvalue weighted by Crippen LogP contribution is -2.22. The Balaban J connectivity index is 3.64. The number of ether oxygens (including phenoxy) is 1. The van der Waals surface area contributed by atoms with Crippen LogP contribution in [-0.4, -0.2) is 32.2 Å². The van der Waals surface area contributed by atoms with Gasteiger partial charge >= 0.3 is 5.97 Å². The van der Waals surface area contributed by atoms with Crippen molar-refractivity contribution in [2.45, 2.75) is 26.2 Å². The van der Waals surface area contributed by atoms with Crippen LogP contribution in [0.15, 0.2) is 6.07 Å². The number of hydrogen-bond acceptors (Lipinski definition) is 4. The fraction of sp³-hybridized carbons (Fsp3) is 0.467. The number of terminal acetylenes is 1. The molecule has 0 aromatic carbocycles. The van der Waals surface area contributed by atoms with Gasteiger partial charge in [-0.1, -0.05) is 26.7 Å². The molecular weight excluding hydrogens is 240 g/mol. The molecule has 0 aliphatic heterocycles. The summed E-state index contributed by atoms with van der Waals surface area (Å²) < 4.78 is 4.81. The van der Waals surface area contributed by atoms with E-state index in [1.807, 2.05) is 40.9 Å². The summed E-state index contributed by atoms with van der Waals surface area (Å²) in [6, 6.07) is 1.84. The number of carbonyl (C=O) groups excluding carboxylic acids is 1. The zero-order valence-electron chi connectivity index (χ0n) is 12.4. The second-order valence-electron chi connectivity index (χ2n) is 5.54. The van der Waals surface area contributed by atoms with E-state index in [-0.39, 0.29) is 5.41 Å². The van der Waals surface area contributed by atoms with Crippen molar-refractivity contribution in [3.05, 3.63) is 22.9 Å². The lowest BCUT2D eigenvalue weighted by Gasteiger charge is -2.24. The summed E-state index contributed by atoms with van der Waals surface area (Å²) in [6.07, 6.45) is 5.53. The molecule has 0 aliphatic carbocycles. The minimum atomic E-state index is -0.448. The normalized spacial score (nSPS) is 10.8. The lowest BCUT2D eigenvalue weighted by atomic mass is 9.85. The number of pyridine rings is 1. The Hall–Kier alpha value is -2.02. The molecule has 19 heavy (non-hydrogen) atoms. The Morgan fingerprint density at radius 3 is 2.37 bits per heavy atom. The quantitative estimate of drug-likeness (QED) is 0.604. The molecule has 0 aliphatic rings. The monoisotopic (exact) mass is 260 g/mol. The second-order valence-corrected chi connectivity index (χ2v) is 5.54. The summed E-state index contributed by atoms with van der Waals surface area (Å²) in [5.41, 5.74) is 1.53. The molecule has 1 aromatic heterocycles. The summed E-state index contributed by atoms with van der Waals surface area (Å²) in [5, 5.41) is 0. The Morgan fingerprint density at radius 1 is 1.42 bits per heavy atom. The van der Waals surface area contributed by atoms with Crippen LogP contribution in [0.4, 0.5) is 5.82 Å². The highest BCUT2D eigenvalue weighted by Crippen LogP contribution is 2.29. The van der Waals surface area contributed by atoms with Gasteiger partial charge in [0, 0.05) is 14.1 Å². The van der Waals surface area contributed by atoms with E-state index in [2.05, 4.69) is 10.9 Å². The van der Waals surface area contributed by atoms with Crippen molar-refractivity contribution in [1.29, 1.82) is 0 Å². The van der Waals surface area contributed by atoms with E-state index in [9.17, 15) is 4.79 Å². The van der Waals surface area contributed by atoms with Crippen molar-refractivity contribution in [3.8, 4) is 12.3 Å². The van der Waals surface area contributed by atoms with Gasteiger partial charge in [-0.25, -0.2) is 9.78 Å². The molecule has 0 radical (unpaired) electrons. The van der Waals surface area contributed by atoms with Crippen LogP contribution in [0.3, 0.4) is 0 Å². The molecule has 0 N–H and O–H groups in total. The summed E-state index contributed by atoms with van der Waals surface area (Å²) in [4.78, 5) is 18.1. The third kappa shape index (κ3) is 3.05. The summed E-state index contributed by atoms with van der Waals surface area (Å²) in [6.45, 7) is 6.02. The minimum absolute atomic E-state index is 0.243. The van der Waals surface area contributed by atoms with Gasteiger partial charge in [0.2, 0.25) is 0 Å². The Bertz CT molecular complexity index is 534. The molecular formula is C15H20N2O2. The van der Waals surface area contributed by atoms with Gasteiger partial charge in [-0.05, 0) is 17.0 Å². The number of hydrogen-bond donors (Lipinski definition) is 0. The SMILES string of the molecule is C#Cc1cc(C(C)(C)C)c(C(=O)OC)nc1N(C)C. The zero-order chi connectivity index (χ0) is 14.8. The van der Waals surface area contributed by atoms with Gasteiger partial charge in [-0.3, -0.25) is 0 Å². The van der Waals surface area contributed by atoms with Crippen LogP contribution in [0.1, 0.15) is 42.4 Å². The molecule has 0 saturated heterocycles. The molecule has 1 aromatic rings. The first-order valence-corrected chi connectivity index (χ1v) is 6.00. The van der Waals surface area contributed by atoms with Crippen LogP contribution in [0.5, 0.6) is 0 Å². The number of nitrogens with zero attached hydrogens (tertiary/aromatic N) is 2. The first kappa shape index (κ1) is 15.0. The predicted molar refractivity (Wildman–Crippen MR) is 76.5 cm³/mol. The maximum Gasteiger partial charge on any atom is 0.357 e. The summed E-state index contributed by atoms with van der Waals surface area (Å²) >= 11 is 0. The van der Waals surface area contributed by atoms with Crippen molar-refractivity contribution in [2.75, 3.05) is 26.1 Å². The molecule has 1 rings (SSSR count). The third-order valence-corrected chi connectivity index (χ3v) is 2.77. The fourth-order valence-electron chi connectivity index (χ4n) is 1.77. The first-order chi connectivity index (χ1) is 8.72. The van der Waals surface area contributed by atoms with Crippen LogP contribution >= 0.6 is 0 Å². The number of carbonyl (C=O) groups is 1. The van der Waals surface area contributed by atoms with Crippen molar-refractivity contribution < 1.29 is 9.53 Å². The van der Waals surface area contributed by atoms with Crippen molar-refractivity contribution in [3.63, 3.8) is 0 Å². The van der Waals surface area contributed by atoms with Gasteiger partial charge in [0.05, 0.1) is 12.7 Å². The average molecular weight is 260 g/mol. The van der Waals surface area contributed by atoms with Gasteiger partial charge < -0.3 is 9.64 Å². The molecule has 0 saturated carbocycles. The van der Waals surface area contributed by atoms with Crippen molar-refractivity contribution >= 4 is 11.8 Å². The van der Waals surface area contributed by atoms with Crippen LogP contribution in [-0.2, 0) is 10.2 Å². The number of aromatic nitrogens is 1. The number of methoxy groups -OCH3 is 1. The van der Waals surface area contributed by atoms with Gasteiger partial charge in [0.15, 0.2) is 5.69 Å². The van der Waals surface area contributed by atoms with Gasteiger partial charge in [0.25, 0.3) is 0 Å². The zero-order valence-corrected chi connectivity index (χ0v) is 12.4. The van der Waals surface area contributed by atoms with E-state index in [4.69, 9.17) is 11.2 Å². The molecule has 0 atom stereocenters. The van der Waals surface area contributed by atoms with E-state index < -0.39 is 5.97 Å². The molecule has 4 heteroatoms. The second kappa shape index (κ2) is 5.31. The van der Waals surface area contributed by atoms with Crippen molar-refractivity contribution in [2.24, 2.45) is 0 Å². The largest absolute Gasteiger partial charge is 0.464 e. The Kier molecular flexibility index (Phi) is 4.21. The fourth-order valence-corrected chi connectivity index (χ4v) is 1.77. The molecule has 0 spiro atoms. The first-order valence-electron chi connectivity index (χ1n) is 6.00. The van der Waals surface area contributed by atoms with Gasteiger partial charge in [0.1, 0.15) is 5.82 Å². The highest BCUT2D eigenvalue weighted by Gasteiger charge is 2.26. The smallest absolute Gasteiger partial charge is 0.357 e. The maximum atomic E-state index is 11.9. The standard InChI is InChI=1S/C15H20N2O2/c1-8-10-9-11(15(2,3)4)12(14(18)19-7)16-13(10)17(5)6/h1,9H,2-7H3. The van der Waals surface area contributed by atoms with Crippen molar-refractivity contribution in [1.82, 2.24) is 4.98 Å².